The lowest BCUT2D eigenvalue weighted by Crippen LogP contribution is -2.43. The van der Waals surface area contributed by atoms with E-state index in [4.69, 9.17) is 4.74 Å². The zero-order chi connectivity index (χ0) is 19.6. The molecule has 27 heavy (non-hydrogen) atoms. The Kier molecular flexibility index (Phi) is 5.59. The highest BCUT2D eigenvalue weighted by molar-refractivity contribution is 5.89. The molecular formula is C19H28N6O2. The van der Waals surface area contributed by atoms with Crippen LogP contribution in [0.15, 0.2) is 29.7 Å². The van der Waals surface area contributed by atoms with Crippen molar-refractivity contribution in [2.24, 2.45) is 4.99 Å². The van der Waals surface area contributed by atoms with Crippen molar-refractivity contribution < 1.29 is 9.84 Å². The molecule has 1 aliphatic rings. The van der Waals surface area contributed by atoms with Crippen molar-refractivity contribution >= 4 is 28.9 Å². The highest BCUT2D eigenvalue weighted by atomic mass is 16.6. The van der Waals surface area contributed by atoms with E-state index in [9.17, 15) is 5.11 Å². The van der Waals surface area contributed by atoms with Gasteiger partial charge in [-0.3, -0.25) is 4.90 Å². The number of aliphatic imine (C=N–C) groups is 1. The lowest BCUT2D eigenvalue weighted by molar-refractivity contribution is -0.236. The van der Waals surface area contributed by atoms with E-state index in [0.717, 1.165) is 23.2 Å². The zero-order valence-corrected chi connectivity index (χ0v) is 16.6. The molecule has 0 spiro atoms. The van der Waals surface area contributed by atoms with Crippen molar-refractivity contribution in [3.05, 3.63) is 24.7 Å². The Morgan fingerprint density at radius 1 is 1.33 bits per heavy atom. The Morgan fingerprint density at radius 3 is 2.74 bits per heavy atom. The molecule has 2 aromatic rings. The van der Waals surface area contributed by atoms with Crippen LogP contribution < -0.4 is 0 Å². The monoisotopic (exact) mass is 372 g/mol. The summed E-state index contributed by atoms with van der Waals surface area (Å²) in [6, 6.07) is 1.99. The van der Waals surface area contributed by atoms with Gasteiger partial charge in [0.05, 0.1) is 17.3 Å². The minimum Gasteiger partial charge on any atom is -0.369 e. The first-order valence-corrected chi connectivity index (χ1v) is 9.06. The highest BCUT2D eigenvalue weighted by Gasteiger charge is 2.25. The highest BCUT2D eigenvalue weighted by Crippen LogP contribution is 2.27. The fraction of sp³-hybridized carbons (Fsp3) is 0.526. The minimum absolute atomic E-state index is 0.388. The number of hydrogen-bond acceptors (Lipinski definition) is 6. The molecule has 3 rings (SSSR count). The number of hydrogen-bond donors (Lipinski definition) is 1. The summed E-state index contributed by atoms with van der Waals surface area (Å²) in [6.45, 7) is 7.12. The van der Waals surface area contributed by atoms with Crippen LogP contribution in [0.25, 0.3) is 16.7 Å². The number of aliphatic hydroxyl groups excluding tert-OH is 1. The van der Waals surface area contributed by atoms with Crippen LogP contribution in [-0.4, -0.2) is 75.0 Å². The number of rotatable bonds is 5. The van der Waals surface area contributed by atoms with Gasteiger partial charge in [0.15, 0.2) is 5.82 Å². The van der Waals surface area contributed by atoms with Gasteiger partial charge in [-0.1, -0.05) is 6.08 Å². The van der Waals surface area contributed by atoms with E-state index in [2.05, 4.69) is 25.6 Å². The third kappa shape index (κ3) is 4.71. The average molecular weight is 372 g/mol. The first-order valence-electron chi connectivity index (χ1n) is 9.06. The largest absolute Gasteiger partial charge is 0.369 e. The van der Waals surface area contributed by atoms with Crippen LogP contribution >= 0.6 is 0 Å². The zero-order valence-electron chi connectivity index (χ0n) is 16.6. The molecule has 0 fully saturated rings. The van der Waals surface area contributed by atoms with Gasteiger partial charge in [-0.2, -0.15) is 0 Å². The molecule has 0 amide bonds. The Labute approximate surface area is 159 Å². The van der Waals surface area contributed by atoms with Gasteiger partial charge in [0.2, 0.25) is 6.41 Å². The normalized spacial score (nSPS) is 17.5. The first kappa shape index (κ1) is 19.5. The van der Waals surface area contributed by atoms with Crippen molar-refractivity contribution in [1.29, 1.82) is 0 Å². The van der Waals surface area contributed by atoms with Crippen molar-refractivity contribution in [2.75, 3.05) is 27.2 Å². The molecule has 0 aliphatic carbocycles. The molecule has 1 N–H and O–H groups in total. The quantitative estimate of drug-likeness (QED) is 0.493. The van der Waals surface area contributed by atoms with Crippen molar-refractivity contribution in [3.8, 4) is 0 Å². The van der Waals surface area contributed by atoms with Crippen LogP contribution in [0.1, 0.15) is 27.2 Å². The molecule has 8 heteroatoms. The number of fused-ring (bicyclic) bond motifs is 1. The predicted octanol–water partition coefficient (Wildman–Crippen LogP) is 2.29. The van der Waals surface area contributed by atoms with Crippen LogP contribution in [0, 0.1) is 0 Å². The van der Waals surface area contributed by atoms with Gasteiger partial charge in [0.25, 0.3) is 0 Å². The summed E-state index contributed by atoms with van der Waals surface area (Å²) >= 11 is 0. The van der Waals surface area contributed by atoms with E-state index < -0.39 is 6.41 Å². The van der Waals surface area contributed by atoms with E-state index in [1.807, 2.05) is 56.9 Å². The molecule has 0 saturated heterocycles. The van der Waals surface area contributed by atoms with Crippen LogP contribution in [0.2, 0.25) is 0 Å². The third-order valence-corrected chi connectivity index (χ3v) is 4.17. The molecule has 0 radical (unpaired) electrons. The first-order chi connectivity index (χ1) is 12.7. The molecule has 0 aromatic carbocycles. The van der Waals surface area contributed by atoms with Gasteiger partial charge in [-0.25, -0.2) is 15.0 Å². The standard InChI is InChI=1S/C19H28N6O2/c1-19(2,3)27-18(26)24-9-6-14(7-10-24)25-11-8-15-16(22-13-23(4)5)20-12-21-17(15)25/h6,8,11-13,18,26H,7,9-10H2,1-5H3/b22-13+. The average Bonchev–Trinajstić information content (AvgIpc) is 3.03. The second-order valence-electron chi connectivity index (χ2n) is 7.83. The number of aliphatic hydroxyl groups is 1. The SMILES string of the molecule is CN(C)/C=N/c1ncnc2c1ccn2C1=CCN(C(O)OC(C)(C)C)CC1. The van der Waals surface area contributed by atoms with E-state index in [0.29, 0.717) is 18.9 Å². The molecule has 2 aromatic heterocycles. The van der Waals surface area contributed by atoms with Crippen LogP contribution in [0.4, 0.5) is 5.82 Å². The maximum atomic E-state index is 10.3. The van der Waals surface area contributed by atoms with Crippen LogP contribution in [0.3, 0.4) is 0 Å². The molecule has 8 nitrogen and oxygen atoms in total. The molecular weight excluding hydrogens is 344 g/mol. The molecule has 1 unspecified atom stereocenters. The lowest BCUT2D eigenvalue weighted by Gasteiger charge is -2.34. The van der Waals surface area contributed by atoms with Gasteiger partial charge in [-0.05, 0) is 26.8 Å². The summed E-state index contributed by atoms with van der Waals surface area (Å²) in [7, 11) is 3.84. The maximum Gasteiger partial charge on any atom is 0.216 e. The maximum absolute atomic E-state index is 10.3. The summed E-state index contributed by atoms with van der Waals surface area (Å²) in [5, 5.41) is 11.2. The molecule has 1 aliphatic heterocycles. The van der Waals surface area contributed by atoms with Gasteiger partial charge in [-0.15, -0.1) is 0 Å². The van der Waals surface area contributed by atoms with E-state index in [1.54, 1.807) is 6.34 Å². The van der Waals surface area contributed by atoms with E-state index in [1.165, 1.54) is 6.33 Å². The van der Waals surface area contributed by atoms with Gasteiger partial charge >= 0.3 is 0 Å². The van der Waals surface area contributed by atoms with E-state index >= 15 is 0 Å². The van der Waals surface area contributed by atoms with Gasteiger partial charge < -0.3 is 19.3 Å². The summed E-state index contributed by atoms with van der Waals surface area (Å²) in [6.07, 6.45) is 7.25. The number of nitrogens with zero attached hydrogens (tertiary/aromatic N) is 6. The Morgan fingerprint density at radius 2 is 2.11 bits per heavy atom. The Bertz CT molecular complexity index is 849. The molecule has 1 atom stereocenters. The topological polar surface area (TPSA) is 79.0 Å². The molecule has 146 valence electrons. The molecule has 0 bridgehead atoms. The fourth-order valence-electron chi connectivity index (χ4n) is 2.93. The number of aromatic nitrogens is 3. The van der Waals surface area contributed by atoms with Gasteiger partial charge in [0.1, 0.15) is 12.0 Å². The van der Waals surface area contributed by atoms with E-state index in [-0.39, 0.29) is 5.60 Å². The minimum atomic E-state index is -0.904. The van der Waals surface area contributed by atoms with Crippen LogP contribution in [-0.2, 0) is 4.74 Å². The summed E-state index contributed by atoms with van der Waals surface area (Å²) in [5.41, 5.74) is 1.59. The predicted molar refractivity (Wildman–Crippen MR) is 107 cm³/mol. The molecule has 3 heterocycles. The Balaban J connectivity index is 1.80. The lowest BCUT2D eigenvalue weighted by atomic mass is 10.2. The molecule has 0 saturated carbocycles. The van der Waals surface area contributed by atoms with Crippen LogP contribution in [0.5, 0.6) is 0 Å². The second kappa shape index (κ2) is 7.75. The van der Waals surface area contributed by atoms with Crippen molar-refractivity contribution in [2.45, 2.75) is 39.2 Å². The van der Waals surface area contributed by atoms with Gasteiger partial charge in [0, 0.05) is 45.5 Å². The summed E-state index contributed by atoms with van der Waals surface area (Å²) in [5.74, 6) is 0.652. The second-order valence-corrected chi connectivity index (χ2v) is 7.83. The smallest absolute Gasteiger partial charge is 0.216 e. The summed E-state index contributed by atoms with van der Waals surface area (Å²) in [4.78, 5) is 16.9. The fourth-order valence-corrected chi connectivity index (χ4v) is 2.93. The Hall–Kier alpha value is -2.29. The number of ether oxygens (including phenoxy) is 1. The van der Waals surface area contributed by atoms with Crippen molar-refractivity contribution in [3.63, 3.8) is 0 Å². The third-order valence-electron chi connectivity index (χ3n) is 4.17. The summed E-state index contributed by atoms with van der Waals surface area (Å²) < 4.78 is 7.71. The van der Waals surface area contributed by atoms with Crippen molar-refractivity contribution in [1.82, 2.24) is 24.3 Å².